The lowest BCUT2D eigenvalue weighted by Gasteiger charge is -2.61. The van der Waals surface area contributed by atoms with Crippen molar-refractivity contribution >= 4 is 29.8 Å². The summed E-state index contributed by atoms with van der Waals surface area (Å²) in [4.78, 5) is 63.7. The molecule has 0 saturated carbocycles. The molecule has 49 heavy (non-hydrogen) atoms. The van der Waals surface area contributed by atoms with Crippen LogP contribution in [-0.2, 0) is 56.6 Å². The van der Waals surface area contributed by atoms with Crippen LogP contribution in [0.2, 0.25) is 0 Å². The smallest absolute Gasteiger partial charge is 0.353 e. The van der Waals surface area contributed by atoms with Gasteiger partial charge in [-0.25, -0.2) is 14.4 Å². The Morgan fingerprint density at radius 3 is 2.43 bits per heavy atom. The number of piperidine rings is 1. The summed E-state index contributed by atoms with van der Waals surface area (Å²) in [5.74, 6) is -6.70. The van der Waals surface area contributed by atoms with Crippen molar-refractivity contribution in [3.8, 4) is 5.75 Å². The normalized spacial score (nSPS) is 26.6. The molecule has 0 aromatic heterocycles. The van der Waals surface area contributed by atoms with Crippen LogP contribution in [0.15, 0.2) is 54.3 Å². The second-order valence-corrected chi connectivity index (χ2v) is 12.7. The molecule has 2 aliphatic heterocycles. The Hall–Kier alpha value is -4.83. The van der Waals surface area contributed by atoms with E-state index < -0.39 is 78.1 Å². The van der Waals surface area contributed by atoms with Crippen LogP contribution < -0.4 is 4.74 Å². The predicted molar refractivity (Wildman–Crippen MR) is 163 cm³/mol. The minimum atomic E-state index is -2.08. The number of aliphatic hydroxyl groups is 3. The fourth-order valence-corrected chi connectivity index (χ4v) is 7.66. The lowest BCUT2D eigenvalue weighted by Crippen LogP contribution is -2.74. The third kappa shape index (κ3) is 5.71. The van der Waals surface area contributed by atoms with Gasteiger partial charge in [0, 0.05) is 29.2 Å². The molecule has 0 amide bonds. The lowest BCUT2D eigenvalue weighted by molar-refractivity contribution is -0.181. The first-order valence-electron chi connectivity index (χ1n) is 15.7. The largest absolute Gasteiger partial charge is 0.481 e. The number of rotatable bonds is 12. The number of carboxylic acids is 2. The SMILES string of the molecule is CN1CC[C@]23c4c5ccc(CO)c4O[C@H]2C(OC(=O)[C@@H](O)CC(=O)O[C@H](C(=O)O[C@H](CC(=O)O)C(=O)O)c2ccccc2)=CC[C@@]3(O)[C@H]1C5. The summed E-state index contributed by atoms with van der Waals surface area (Å²) in [6, 6.07) is 10.7. The Bertz CT molecular complexity index is 1720. The molecule has 2 heterocycles. The molecule has 1 saturated heterocycles. The number of ether oxygens (including phenoxy) is 4. The van der Waals surface area contributed by atoms with Crippen molar-refractivity contribution in [3.63, 3.8) is 0 Å². The van der Waals surface area contributed by atoms with E-state index in [-0.39, 0.29) is 30.4 Å². The van der Waals surface area contributed by atoms with Gasteiger partial charge < -0.3 is 49.4 Å². The summed E-state index contributed by atoms with van der Waals surface area (Å²) in [5, 5.41) is 51.4. The summed E-state index contributed by atoms with van der Waals surface area (Å²) >= 11 is 0. The molecule has 6 rings (SSSR count). The van der Waals surface area contributed by atoms with Crippen LogP contribution in [0.3, 0.4) is 0 Å². The topological polar surface area (TPSA) is 227 Å². The zero-order valence-corrected chi connectivity index (χ0v) is 26.3. The van der Waals surface area contributed by atoms with Crippen molar-refractivity contribution in [3.05, 3.63) is 76.6 Å². The van der Waals surface area contributed by atoms with Gasteiger partial charge in [-0.3, -0.25) is 9.59 Å². The van der Waals surface area contributed by atoms with Crippen LogP contribution in [0.5, 0.6) is 5.75 Å². The molecule has 2 aromatic rings. The Labute approximate surface area is 279 Å². The highest BCUT2D eigenvalue weighted by Gasteiger charge is 2.72. The summed E-state index contributed by atoms with van der Waals surface area (Å²) < 4.78 is 22.1. The van der Waals surface area contributed by atoms with E-state index in [0.717, 1.165) is 11.1 Å². The molecule has 2 aliphatic carbocycles. The van der Waals surface area contributed by atoms with E-state index in [1.807, 2.05) is 13.1 Å². The highest BCUT2D eigenvalue weighted by molar-refractivity contribution is 5.87. The van der Waals surface area contributed by atoms with E-state index >= 15 is 0 Å². The van der Waals surface area contributed by atoms with Gasteiger partial charge in [-0.1, -0.05) is 42.5 Å². The van der Waals surface area contributed by atoms with E-state index in [2.05, 4.69) is 4.90 Å². The van der Waals surface area contributed by atoms with E-state index in [0.29, 0.717) is 30.7 Å². The highest BCUT2D eigenvalue weighted by Crippen LogP contribution is 2.64. The molecular weight excluding hydrogens is 646 g/mol. The van der Waals surface area contributed by atoms with Gasteiger partial charge in [0.2, 0.25) is 12.2 Å². The maximum atomic E-state index is 13.2. The number of aliphatic carboxylic acids is 2. The van der Waals surface area contributed by atoms with Crippen molar-refractivity contribution in [2.75, 3.05) is 13.6 Å². The summed E-state index contributed by atoms with van der Waals surface area (Å²) in [7, 11) is 1.94. The zero-order chi connectivity index (χ0) is 35.2. The number of carboxylic acid groups (broad SMARTS) is 2. The molecule has 15 nitrogen and oxygen atoms in total. The molecule has 15 heteroatoms. The number of carbonyl (C=O) groups excluding carboxylic acids is 3. The second kappa shape index (κ2) is 12.9. The molecule has 1 fully saturated rings. The molecule has 1 spiro atoms. The molecule has 5 N–H and O–H groups in total. The molecule has 2 aromatic carbocycles. The van der Waals surface area contributed by atoms with E-state index in [1.165, 1.54) is 30.3 Å². The van der Waals surface area contributed by atoms with Crippen LogP contribution in [0.25, 0.3) is 0 Å². The second-order valence-electron chi connectivity index (χ2n) is 12.7. The van der Waals surface area contributed by atoms with Gasteiger partial charge in [0.05, 0.1) is 30.5 Å². The van der Waals surface area contributed by atoms with Crippen LogP contribution in [0.1, 0.15) is 54.0 Å². The van der Waals surface area contributed by atoms with E-state index in [1.54, 1.807) is 12.1 Å². The highest BCUT2D eigenvalue weighted by atomic mass is 16.6. The molecule has 7 atom stereocenters. The summed E-state index contributed by atoms with van der Waals surface area (Å²) in [6.07, 6.45) is -6.38. The van der Waals surface area contributed by atoms with Gasteiger partial charge >= 0.3 is 29.8 Å². The minimum absolute atomic E-state index is 0.0298. The Balaban J connectivity index is 1.19. The van der Waals surface area contributed by atoms with Crippen LogP contribution in [-0.4, -0.2) is 104 Å². The first-order chi connectivity index (χ1) is 23.3. The van der Waals surface area contributed by atoms with Gasteiger partial charge in [-0.05, 0) is 38.1 Å². The van der Waals surface area contributed by atoms with Crippen molar-refractivity contribution in [2.24, 2.45) is 0 Å². The fraction of sp³-hybridized carbons (Fsp3) is 0.441. The Kier molecular flexibility index (Phi) is 8.96. The van der Waals surface area contributed by atoms with Crippen LogP contribution >= 0.6 is 0 Å². The Morgan fingerprint density at radius 1 is 1.02 bits per heavy atom. The maximum absolute atomic E-state index is 13.2. The van der Waals surface area contributed by atoms with Gasteiger partial charge in [0.25, 0.3) is 0 Å². The maximum Gasteiger partial charge on any atom is 0.353 e. The van der Waals surface area contributed by atoms with E-state index in [9.17, 15) is 44.4 Å². The van der Waals surface area contributed by atoms with Crippen LogP contribution in [0.4, 0.5) is 0 Å². The fourth-order valence-electron chi connectivity index (χ4n) is 7.66. The number of nitrogens with zero attached hydrogens (tertiary/aromatic N) is 1. The lowest BCUT2D eigenvalue weighted by atomic mass is 9.50. The first-order valence-corrected chi connectivity index (χ1v) is 15.7. The average Bonchev–Trinajstić information content (AvgIpc) is 3.42. The molecular formula is C34H35NO14. The van der Waals surface area contributed by atoms with Gasteiger partial charge in [-0.15, -0.1) is 0 Å². The van der Waals surface area contributed by atoms with Crippen molar-refractivity contribution in [1.82, 2.24) is 4.90 Å². The van der Waals surface area contributed by atoms with Gasteiger partial charge in [-0.2, -0.15) is 0 Å². The molecule has 0 unspecified atom stereocenters. The predicted octanol–water partition coefficient (Wildman–Crippen LogP) is 0.506. The molecule has 260 valence electrons. The molecule has 4 aliphatic rings. The standard InChI is InChI=1S/C34H35NO14/c1-35-12-11-33-26-18-7-8-19(16-36)27(26)49-29(33)21(9-10-34(33,45)23(35)13-18)46-31(43)20(37)14-25(40)48-28(17-5-3-2-4-6-17)32(44)47-22(30(41)42)15-24(38)39/h2-9,20,22-23,28-29,36-37,45H,10-16H2,1H3,(H,38,39)(H,41,42)/t20-,22+,23+,28-,29-,33-,34+/m0/s1. The summed E-state index contributed by atoms with van der Waals surface area (Å²) in [5.41, 5.74) is -0.00528. The van der Waals surface area contributed by atoms with Gasteiger partial charge in [0.1, 0.15) is 11.5 Å². The number of esters is 3. The van der Waals surface area contributed by atoms with Gasteiger partial charge in [0.15, 0.2) is 12.2 Å². The molecule has 2 bridgehead atoms. The monoisotopic (exact) mass is 681 g/mol. The number of likely N-dealkylation sites (tertiary alicyclic amines) is 1. The van der Waals surface area contributed by atoms with Crippen molar-refractivity contribution in [1.29, 1.82) is 0 Å². The average molecular weight is 682 g/mol. The van der Waals surface area contributed by atoms with Crippen LogP contribution in [0, 0.1) is 0 Å². The number of likely N-dealkylation sites (N-methyl/N-ethyl adjacent to an activating group) is 1. The van der Waals surface area contributed by atoms with E-state index in [4.69, 9.17) is 24.1 Å². The number of aliphatic hydroxyl groups excluding tert-OH is 2. The number of benzene rings is 2. The Morgan fingerprint density at radius 2 is 1.76 bits per heavy atom. The van der Waals surface area contributed by atoms with Crippen molar-refractivity contribution in [2.45, 2.75) is 80.2 Å². The van der Waals surface area contributed by atoms with Crippen molar-refractivity contribution < 1.29 is 68.5 Å². The quantitative estimate of drug-likeness (QED) is 0.152. The summed E-state index contributed by atoms with van der Waals surface area (Å²) in [6.45, 7) is 0.292. The first kappa shape index (κ1) is 34.0. The third-order valence-corrected chi connectivity index (χ3v) is 9.94. The third-order valence-electron chi connectivity index (χ3n) is 9.94. The zero-order valence-electron chi connectivity index (χ0n) is 26.3. The number of hydrogen-bond donors (Lipinski definition) is 5. The number of hydrogen-bond acceptors (Lipinski definition) is 13. The number of carbonyl (C=O) groups is 5. The molecule has 0 radical (unpaired) electrons. The minimum Gasteiger partial charge on any atom is -0.481 e.